The van der Waals surface area contributed by atoms with Gasteiger partial charge in [0.05, 0.1) is 5.69 Å². The zero-order chi connectivity index (χ0) is 25.1. The van der Waals surface area contributed by atoms with Crippen LogP contribution in [0.2, 0.25) is 0 Å². The lowest BCUT2D eigenvalue weighted by atomic mass is 9.84. The van der Waals surface area contributed by atoms with Gasteiger partial charge in [-0.3, -0.25) is 4.79 Å². The number of hydrogen-bond donors (Lipinski definition) is 2. The predicted molar refractivity (Wildman–Crippen MR) is 148 cm³/mol. The van der Waals surface area contributed by atoms with E-state index in [0.29, 0.717) is 30.4 Å². The summed E-state index contributed by atoms with van der Waals surface area (Å²) in [5.41, 5.74) is 5.35. The number of rotatable bonds is 6. The van der Waals surface area contributed by atoms with E-state index >= 15 is 0 Å². The van der Waals surface area contributed by atoms with Crippen LogP contribution in [-0.2, 0) is 4.79 Å². The first-order chi connectivity index (χ1) is 17.4. The smallest absolute Gasteiger partial charge is 0.227 e. The lowest BCUT2D eigenvalue weighted by Gasteiger charge is -2.37. The van der Waals surface area contributed by atoms with Crippen molar-refractivity contribution in [2.24, 2.45) is 5.92 Å². The molecule has 2 N–H and O–H groups in total. The van der Waals surface area contributed by atoms with Gasteiger partial charge in [0.15, 0.2) is 5.78 Å². The van der Waals surface area contributed by atoms with Gasteiger partial charge in [0.2, 0.25) is 5.95 Å². The molecule has 3 atom stereocenters. The SMILES string of the molecule is C/C1=C/C(=O)CCC(CCC2CCCC2)c2nc(Nc3ccc(N4CC(C)NC(C)C4)cc3)ncc21. The Labute approximate surface area is 216 Å². The number of nitrogens with zero attached hydrogens (tertiary/aromatic N) is 3. The van der Waals surface area contributed by atoms with Gasteiger partial charge in [-0.2, -0.15) is 0 Å². The first-order valence-electron chi connectivity index (χ1n) is 13.9. The Kier molecular flexibility index (Phi) is 7.70. The summed E-state index contributed by atoms with van der Waals surface area (Å²) in [6, 6.07) is 9.58. The fourth-order valence-electron chi connectivity index (χ4n) is 6.35. The third-order valence-electron chi connectivity index (χ3n) is 8.19. The molecule has 1 saturated carbocycles. The number of aromatic nitrogens is 2. The molecule has 1 aromatic carbocycles. The molecule has 192 valence electrons. The lowest BCUT2D eigenvalue weighted by molar-refractivity contribution is -0.114. The average molecular weight is 488 g/mol. The zero-order valence-corrected chi connectivity index (χ0v) is 22.1. The van der Waals surface area contributed by atoms with Crippen LogP contribution in [0.25, 0.3) is 5.57 Å². The van der Waals surface area contributed by atoms with Gasteiger partial charge in [0.1, 0.15) is 0 Å². The van der Waals surface area contributed by atoms with Crippen molar-refractivity contribution in [2.45, 2.75) is 90.1 Å². The van der Waals surface area contributed by atoms with Gasteiger partial charge < -0.3 is 15.5 Å². The molecule has 3 unspecified atom stereocenters. The standard InChI is InChI=1S/C30H41N5O/c1-20-16-27(36)15-10-24(9-8-23-6-4-5-7-23)29-28(20)17-31-30(34-29)33-25-11-13-26(14-12-25)35-18-21(2)32-22(3)19-35/h11-14,16-17,21-24,32H,4-10,15,18-19H2,1-3H3,(H,31,33,34)/b20-16-. The molecule has 2 fully saturated rings. The molecule has 1 aromatic heterocycles. The number of benzene rings is 1. The normalized spacial score (nSPS) is 26.6. The molecule has 1 saturated heterocycles. The fraction of sp³-hybridized carbons (Fsp3) is 0.567. The van der Waals surface area contributed by atoms with Crippen molar-refractivity contribution in [1.82, 2.24) is 15.3 Å². The third-order valence-corrected chi connectivity index (χ3v) is 8.19. The molecule has 0 amide bonds. The summed E-state index contributed by atoms with van der Waals surface area (Å²) in [6.45, 7) is 8.53. The van der Waals surface area contributed by atoms with Gasteiger partial charge in [-0.25, -0.2) is 9.97 Å². The van der Waals surface area contributed by atoms with Crippen LogP contribution in [0, 0.1) is 5.92 Å². The molecule has 1 aliphatic heterocycles. The van der Waals surface area contributed by atoms with Crippen molar-refractivity contribution in [3.05, 3.63) is 47.8 Å². The van der Waals surface area contributed by atoms with E-state index in [9.17, 15) is 4.79 Å². The first kappa shape index (κ1) is 24.9. The minimum Gasteiger partial charge on any atom is -0.368 e. The zero-order valence-electron chi connectivity index (χ0n) is 22.1. The molecule has 6 heteroatoms. The van der Waals surface area contributed by atoms with Crippen LogP contribution in [0.4, 0.5) is 17.3 Å². The Hall–Kier alpha value is -2.73. The van der Waals surface area contributed by atoms with Crippen LogP contribution in [0.3, 0.4) is 0 Å². The number of ketones is 1. The summed E-state index contributed by atoms with van der Waals surface area (Å²) in [4.78, 5) is 24.6. The topological polar surface area (TPSA) is 70.2 Å². The van der Waals surface area contributed by atoms with Crippen molar-refractivity contribution in [1.29, 1.82) is 0 Å². The van der Waals surface area contributed by atoms with Crippen LogP contribution in [0.1, 0.15) is 89.3 Å². The highest BCUT2D eigenvalue weighted by Crippen LogP contribution is 2.37. The van der Waals surface area contributed by atoms with E-state index in [-0.39, 0.29) is 5.78 Å². The molecule has 0 spiro atoms. The summed E-state index contributed by atoms with van der Waals surface area (Å²) in [7, 11) is 0. The van der Waals surface area contributed by atoms with Crippen LogP contribution < -0.4 is 15.5 Å². The Bertz CT molecular complexity index is 1080. The molecule has 2 aromatic rings. The van der Waals surface area contributed by atoms with E-state index in [1.54, 1.807) is 6.08 Å². The monoisotopic (exact) mass is 487 g/mol. The minimum absolute atomic E-state index is 0.222. The average Bonchev–Trinajstić information content (AvgIpc) is 3.37. The molecule has 2 aliphatic carbocycles. The third kappa shape index (κ3) is 5.97. The van der Waals surface area contributed by atoms with E-state index in [1.165, 1.54) is 37.8 Å². The Balaban J connectivity index is 1.34. The lowest BCUT2D eigenvalue weighted by Crippen LogP contribution is -2.54. The van der Waals surface area contributed by atoms with E-state index in [4.69, 9.17) is 4.98 Å². The van der Waals surface area contributed by atoms with Gasteiger partial charge in [-0.05, 0) is 81.9 Å². The summed E-state index contributed by atoms with van der Waals surface area (Å²) in [5, 5.41) is 7.04. The molecule has 6 nitrogen and oxygen atoms in total. The number of nitrogens with one attached hydrogen (secondary N) is 2. The van der Waals surface area contributed by atoms with Crippen LogP contribution in [0.5, 0.6) is 0 Å². The Morgan fingerprint density at radius 2 is 1.75 bits per heavy atom. The van der Waals surface area contributed by atoms with Gasteiger partial charge >= 0.3 is 0 Å². The molecule has 36 heavy (non-hydrogen) atoms. The van der Waals surface area contributed by atoms with Gasteiger partial charge in [-0.1, -0.05) is 25.7 Å². The number of carbonyl (C=O) groups is 1. The van der Waals surface area contributed by atoms with Crippen molar-refractivity contribution >= 4 is 28.7 Å². The second kappa shape index (κ2) is 11.1. The second-order valence-electron chi connectivity index (χ2n) is 11.3. The highest BCUT2D eigenvalue weighted by molar-refractivity contribution is 5.97. The number of allylic oxidation sites excluding steroid dienone is 2. The summed E-state index contributed by atoms with van der Waals surface area (Å²) < 4.78 is 0. The van der Waals surface area contributed by atoms with E-state index < -0.39 is 0 Å². The molecule has 2 heterocycles. The highest BCUT2D eigenvalue weighted by atomic mass is 16.1. The molecule has 3 aliphatic rings. The van der Waals surface area contributed by atoms with Crippen LogP contribution in [-0.4, -0.2) is 40.9 Å². The van der Waals surface area contributed by atoms with Crippen molar-refractivity contribution in [3.63, 3.8) is 0 Å². The summed E-state index contributed by atoms with van der Waals surface area (Å²) in [6.07, 6.45) is 12.9. The van der Waals surface area contributed by atoms with Crippen LogP contribution >= 0.6 is 0 Å². The van der Waals surface area contributed by atoms with Crippen molar-refractivity contribution in [3.8, 4) is 0 Å². The minimum atomic E-state index is 0.222. The number of fused-ring (bicyclic) bond motifs is 1. The Morgan fingerprint density at radius 1 is 1.03 bits per heavy atom. The van der Waals surface area contributed by atoms with Gasteiger partial charge in [0.25, 0.3) is 0 Å². The fourth-order valence-corrected chi connectivity index (χ4v) is 6.35. The first-order valence-corrected chi connectivity index (χ1v) is 13.9. The van der Waals surface area contributed by atoms with E-state index in [2.05, 4.69) is 58.6 Å². The molecule has 0 bridgehead atoms. The molecule has 5 rings (SSSR count). The molecule has 0 radical (unpaired) electrons. The molecular weight excluding hydrogens is 446 g/mol. The maximum atomic E-state index is 12.4. The van der Waals surface area contributed by atoms with E-state index in [0.717, 1.165) is 54.4 Å². The molecular formula is C30H41N5O. The second-order valence-corrected chi connectivity index (χ2v) is 11.3. The number of piperazine rings is 1. The summed E-state index contributed by atoms with van der Waals surface area (Å²) >= 11 is 0. The van der Waals surface area contributed by atoms with Gasteiger partial charge in [-0.15, -0.1) is 0 Å². The van der Waals surface area contributed by atoms with Crippen molar-refractivity contribution < 1.29 is 4.79 Å². The van der Waals surface area contributed by atoms with E-state index in [1.807, 2.05) is 13.1 Å². The van der Waals surface area contributed by atoms with Crippen molar-refractivity contribution in [2.75, 3.05) is 23.3 Å². The highest BCUT2D eigenvalue weighted by Gasteiger charge is 2.25. The Morgan fingerprint density at radius 3 is 2.47 bits per heavy atom. The largest absolute Gasteiger partial charge is 0.368 e. The summed E-state index contributed by atoms with van der Waals surface area (Å²) in [5.74, 6) is 2.00. The number of carbonyl (C=O) groups excluding carboxylic acids is 1. The maximum Gasteiger partial charge on any atom is 0.227 e. The maximum absolute atomic E-state index is 12.4. The van der Waals surface area contributed by atoms with Crippen LogP contribution in [0.15, 0.2) is 36.5 Å². The quantitative estimate of drug-likeness (QED) is 0.504. The number of hydrogen-bond acceptors (Lipinski definition) is 6. The number of anilines is 3. The van der Waals surface area contributed by atoms with Gasteiger partial charge in [0, 0.05) is 60.6 Å². The predicted octanol–water partition coefficient (Wildman–Crippen LogP) is 6.23.